The third-order valence-corrected chi connectivity index (χ3v) is 5.45. The Morgan fingerprint density at radius 3 is 2.28 bits per heavy atom. The van der Waals surface area contributed by atoms with Gasteiger partial charge in [-0.3, -0.25) is 14.6 Å². The molecular weight excluding hydrogens is 314 g/mol. The highest BCUT2D eigenvalue weighted by Crippen LogP contribution is 2.27. The predicted molar refractivity (Wildman–Crippen MR) is 103 cm³/mol. The molecular formula is C20H33N3O2. The summed E-state index contributed by atoms with van der Waals surface area (Å²) in [5.74, 6) is -0.754. The van der Waals surface area contributed by atoms with Gasteiger partial charge in [0, 0.05) is 44.5 Å². The van der Waals surface area contributed by atoms with Crippen molar-refractivity contribution in [2.75, 3.05) is 44.2 Å². The van der Waals surface area contributed by atoms with Crippen LogP contribution in [0.2, 0.25) is 0 Å². The van der Waals surface area contributed by atoms with Gasteiger partial charge in [0.1, 0.15) is 6.04 Å². The highest BCUT2D eigenvalue weighted by molar-refractivity contribution is 5.76. The maximum atomic E-state index is 12.0. The van der Waals surface area contributed by atoms with Crippen LogP contribution in [0.25, 0.3) is 0 Å². The maximum Gasteiger partial charge on any atom is 0.325 e. The van der Waals surface area contributed by atoms with Crippen molar-refractivity contribution in [3.63, 3.8) is 0 Å². The number of hydrogen-bond donors (Lipinski definition) is 1. The first kappa shape index (κ1) is 19.7. The summed E-state index contributed by atoms with van der Waals surface area (Å²) < 4.78 is 0. The molecule has 0 amide bonds. The SMILES string of the molecule is CCC1CN(C(C(=O)O)c2ccc(N(CC)CC)cc2)CCN1CC. The Labute approximate surface area is 152 Å². The van der Waals surface area contributed by atoms with Gasteiger partial charge in [-0.2, -0.15) is 0 Å². The van der Waals surface area contributed by atoms with Crippen molar-refractivity contribution in [1.29, 1.82) is 0 Å². The third kappa shape index (κ3) is 4.53. The Hall–Kier alpha value is -1.59. The second kappa shape index (κ2) is 9.20. The van der Waals surface area contributed by atoms with Crippen LogP contribution in [0.15, 0.2) is 24.3 Å². The molecule has 1 fully saturated rings. The molecule has 1 aliphatic rings. The van der Waals surface area contributed by atoms with E-state index >= 15 is 0 Å². The zero-order chi connectivity index (χ0) is 18.4. The van der Waals surface area contributed by atoms with E-state index in [1.165, 1.54) is 0 Å². The standard InChI is InChI=1S/C20H33N3O2/c1-5-17-15-23(14-13-22(17)8-4)19(20(24)25)16-9-11-18(12-10-16)21(6-2)7-3/h9-12,17,19H,5-8,13-15H2,1-4H3,(H,24,25). The van der Waals surface area contributed by atoms with E-state index in [2.05, 4.69) is 54.5 Å². The monoisotopic (exact) mass is 347 g/mol. The number of carboxylic acid groups (broad SMARTS) is 1. The summed E-state index contributed by atoms with van der Waals surface area (Å²) >= 11 is 0. The Kier molecular flexibility index (Phi) is 7.26. The van der Waals surface area contributed by atoms with Crippen LogP contribution >= 0.6 is 0 Å². The van der Waals surface area contributed by atoms with E-state index in [-0.39, 0.29) is 0 Å². The van der Waals surface area contributed by atoms with Crippen molar-refractivity contribution in [2.45, 2.75) is 46.2 Å². The van der Waals surface area contributed by atoms with Gasteiger partial charge in [-0.1, -0.05) is 26.0 Å². The van der Waals surface area contributed by atoms with E-state index in [4.69, 9.17) is 0 Å². The average molecular weight is 348 g/mol. The molecule has 1 aromatic rings. The molecule has 25 heavy (non-hydrogen) atoms. The minimum absolute atomic E-state index is 0.440. The Morgan fingerprint density at radius 2 is 1.80 bits per heavy atom. The Bertz CT molecular complexity index is 542. The fraction of sp³-hybridized carbons (Fsp3) is 0.650. The van der Waals surface area contributed by atoms with E-state index in [9.17, 15) is 9.90 Å². The van der Waals surface area contributed by atoms with E-state index < -0.39 is 12.0 Å². The van der Waals surface area contributed by atoms with Crippen molar-refractivity contribution < 1.29 is 9.90 Å². The molecule has 2 unspecified atom stereocenters. The summed E-state index contributed by atoms with van der Waals surface area (Å²) in [7, 11) is 0. The molecule has 1 aromatic carbocycles. The van der Waals surface area contributed by atoms with Crippen LogP contribution in [-0.2, 0) is 4.79 Å². The van der Waals surface area contributed by atoms with Crippen LogP contribution in [0, 0.1) is 0 Å². The molecule has 140 valence electrons. The second-order valence-corrected chi connectivity index (χ2v) is 6.69. The molecule has 1 heterocycles. The van der Waals surface area contributed by atoms with Gasteiger partial charge >= 0.3 is 5.97 Å². The number of hydrogen-bond acceptors (Lipinski definition) is 4. The number of aliphatic carboxylic acids is 1. The molecule has 1 aliphatic heterocycles. The number of carbonyl (C=O) groups is 1. The van der Waals surface area contributed by atoms with Crippen molar-refractivity contribution >= 4 is 11.7 Å². The van der Waals surface area contributed by atoms with Gasteiger partial charge in [0.15, 0.2) is 0 Å². The topological polar surface area (TPSA) is 47.0 Å². The number of benzene rings is 1. The lowest BCUT2D eigenvalue weighted by Gasteiger charge is -2.43. The molecule has 2 rings (SSSR count). The van der Waals surface area contributed by atoms with Crippen LogP contribution < -0.4 is 4.90 Å². The lowest BCUT2D eigenvalue weighted by molar-refractivity contribution is -0.145. The van der Waals surface area contributed by atoms with Crippen molar-refractivity contribution in [3.05, 3.63) is 29.8 Å². The number of nitrogens with zero attached hydrogens (tertiary/aromatic N) is 3. The molecule has 2 atom stereocenters. The molecule has 0 aliphatic carbocycles. The molecule has 5 nitrogen and oxygen atoms in total. The zero-order valence-corrected chi connectivity index (χ0v) is 16.1. The van der Waals surface area contributed by atoms with Crippen molar-refractivity contribution in [1.82, 2.24) is 9.80 Å². The second-order valence-electron chi connectivity index (χ2n) is 6.69. The van der Waals surface area contributed by atoms with Crippen LogP contribution in [0.5, 0.6) is 0 Å². The van der Waals surface area contributed by atoms with E-state index in [1.807, 2.05) is 12.1 Å². The van der Waals surface area contributed by atoms with Gasteiger partial charge < -0.3 is 10.0 Å². The zero-order valence-electron chi connectivity index (χ0n) is 16.1. The lowest BCUT2D eigenvalue weighted by Crippen LogP contribution is -2.54. The van der Waals surface area contributed by atoms with Crippen LogP contribution in [0.3, 0.4) is 0 Å². The number of piperazine rings is 1. The quantitative estimate of drug-likeness (QED) is 0.783. The number of rotatable bonds is 8. The van der Waals surface area contributed by atoms with Gasteiger partial charge in [0.25, 0.3) is 0 Å². The molecule has 1 N–H and O–H groups in total. The smallest absolute Gasteiger partial charge is 0.325 e. The molecule has 0 radical (unpaired) electrons. The minimum atomic E-state index is -0.754. The highest BCUT2D eigenvalue weighted by atomic mass is 16.4. The minimum Gasteiger partial charge on any atom is -0.480 e. The Morgan fingerprint density at radius 1 is 1.16 bits per heavy atom. The van der Waals surface area contributed by atoms with Gasteiger partial charge in [0.05, 0.1) is 0 Å². The molecule has 5 heteroatoms. The third-order valence-electron chi connectivity index (χ3n) is 5.45. The maximum absolute atomic E-state index is 12.0. The van der Waals surface area contributed by atoms with Crippen molar-refractivity contribution in [3.8, 4) is 0 Å². The predicted octanol–water partition coefficient (Wildman–Crippen LogP) is 3.07. The molecule has 0 saturated carbocycles. The van der Waals surface area contributed by atoms with E-state index in [0.717, 1.165) is 56.9 Å². The summed E-state index contributed by atoms with van der Waals surface area (Å²) in [6, 6.07) is 7.96. The number of likely N-dealkylation sites (N-methyl/N-ethyl adjacent to an activating group) is 1. The summed E-state index contributed by atoms with van der Waals surface area (Å²) in [6.45, 7) is 14.1. The first-order chi connectivity index (χ1) is 12.0. The van der Waals surface area contributed by atoms with Gasteiger partial charge in [-0.15, -0.1) is 0 Å². The average Bonchev–Trinajstić information content (AvgIpc) is 2.63. The molecule has 0 spiro atoms. The number of carboxylic acids is 1. The highest BCUT2D eigenvalue weighted by Gasteiger charge is 2.33. The largest absolute Gasteiger partial charge is 0.480 e. The van der Waals surface area contributed by atoms with Gasteiger partial charge in [-0.25, -0.2) is 0 Å². The Balaban J connectivity index is 2.19. The molecule has 0 aromatic heterocycles. The normalized spacial score (nSPS) is 20.4. The van der Waals surface area contributed by atoms with Gasteiger partial charge in [0.2, 0.25) is 0 Å². The lowest BCUT2D eigenvalue weighted by atomic mass is 10.0. The van der Waals surface area contributed by atoms with Crippen LogP contribution in [-0.4, -0.2) is 66.2 Å². The molecule has 1 saturated heterocycles. The van der Waals surface area contributed by atoms with E-state index in [1.54, 1.807) is 0 Å². The first-order valence-electron chi connectivity index (χ1n) is 9.61. The molecule has 0 bridgehead atoms. The van der Waals surface area contributed by atoms with E-state index in [0.29, 0.717) is 6.04 Å². The summed E-state index contributed by atoms with van der Waals surface area (Å²) in [5.41, 5.74) is 2.03. The summed E-state index contributed by atoms with van der Waals surface area (Å²) in [5, 5.41) is 9.87. The van der Waals surface area contributed by atoms with Crippen molar-refractivity contribution in [2.24, 2.45) is 0 Å². The van der Waals surface area contributed by atoms with Crippen LogP contribution in [0.4, 0.5) is 5.69 Å². The van der Waals surface area contributed by atoms with Gasteiger partial charge in [-0.05, 0) is 44.5 Å². The van der Waals surface area contributed by atoms with Crippen LogP contribution in [0.1, 0.15) is 45.7 Å². The number of anilines is 1. The summed E-state index contributed by atoms with van der Waals surface area (Å²) in [6.07, 6.45) is 1.05. The fourth-order valence-corrected chi connectivity index (χ4v) is 3.92. The fourth-order valence-electron chi connectivity index (χ4n) is 3.92. The first-order valence-corrected chi connectivity index (χ1v) is 9.61. The summed E-state index contributed by atoms with van der Waals surface area (Å²) in [4.78, 5) is 18.9.